The molecule has 0 radical (unpaired) electrons. The van der Waals surface area contributed by atoms with Gasteiger partial charge in [0, 0.05) is 17.6 Å². The molecule has 118 valence electrons. The summed E-state index contributed by atoms with van der Waals surface area (Å²) < 4.78 is 5.61. The highest BCUT2D eigenvalue weighted by Gasteiger charge is 2.30. The molecule has 2 rings (SSSR count). The topological polar surface area (TPSA) is 41.5 Å². The van der Waals surface area contributed by atoms with Crippen molar-refractivity contribution in [3.8, 4) is 5.75 Å². The summed E-state index contributed by atoms with van der Waals surface area (Å²) in [4.78, 5) is 0. The molecule has 3 nitrogen and oxygen atoms in total. The first-order valence-corrected chi connectivity index (χ1v) is 8.04. The van der Waals surface area contributed by atoms with Crippen LogP contribution in [0, 0.1) is 12.3 Å². The standard InChI is InChI=1S/C17H26ClNO2/c1-12-8-15(4-5-16(12)18)21-11-14(20)10-19-13-6-7-17(2,3)9-13/h4-5,8,13-14,19-20H,6-7,9-11H2,1-3H3. The van der Waals surface area contributed by atoms with E-state index in [0.717, 1.165) is 16.3 Å². The molecule has 2 unspecified atom stereocenters. The minimum absolute atomic E-state index is 0.296. The third-order valence-corrected chi connectivity index (χ3v) is 4.61. The van der Waals surface area contributed by atoms with Crippen LogP contribution >= 0.6 is 11.6 Å². The Morgan fingerprint density at radius 2 is 2.24 bits per heavy atom. The lowest BCUT2D eigenvalue weighted by Crippen LogP contribution is -2.37. The SMILES string of the molecule is Cc1cc(OCC(O)CNC2CCC(C)(C)C2)ccc1Cl. The zero-order valence-electron chi connectivity index (χ0n) is 13.2. The highest BCUT2D eigenvalue weighted by Crippen LogP contribution is 2.36. The summed E-state index contributed by atoms with van der Waals surface area (Å²) in [6.45, 7) is 7.42. The second-order valence-electron chi connectivity index (χ2n) is 6.89. The van der Waals surface area contributed by atoms with Gasteiger partial charge in [0.1, 0.15) is 18.5 Å². The number of ether oxygens (including phenoxy) is 1. The fraction of sp³-hybridized carbons (Fsp3) is 0.647. The summed E-state index contributed by atoms with van der Waals surface area (Å²) in [5.41, 5.74) is 1.41. The second kappa shape index (κ2) is 6.99. The number of hydrogen-bond acceptors (Lipinski definition) is 3. The minimum atomic E-state index is -0.496. The van der Waals surface area contributed by atoms with E-state index in [9.17, 15) is 5.11 Å². The first-order valence-electron chi connectivity index (χ1n) is 7.66. The smallest absolute Gasteiger partial charge is 0.119 e. The quantitative estimate of drug-likeness (QED) is 0.844. The molecule has 0 aromatic heterocycles. The van der Waals surface area contributed by atoms with Gasteiger partial charge in [-0.3, -0.25) is 0 Å². The molecule has 1 aliphatic rings. The van der Waals surface area contributed by atoms with Crippen molar-refractivity contribution < 1.29 is 9.84 Å². The first kappa shape index (κ1) is 16.6. The zero-order chi connectivity index (χ0) is 15.5. The van der Waals surface area contributed by atoms with Gasteiger partial charge < -0.3 is 15.2 Å². The van der Waals surface area contributed by atoms with Crippen LogP contribution in [0.5, 0.6) is 5.75 Å². The summed E-state index contributed by atoms with van der Waals surface area (Å²) in [5.74, 6) is 0.748. The van der Waals surface area contributed by atoms with Gasteiger partial charge in [-0.1, -0.05) is 25.4 Å². The van der Waals surface area contributed by atoms with Gasteiger partial charge in [0.15, 0.2) is 0 Å². The Kier molecular flexibility index (Phi) is 5.53. The Balaban J connectivity index is 1.70. The van der Waals surface area contributed by atoms with Crippen molar-refractivity contribution in [1.29, 1.82) is 0 Å². The van der Waals surface area contributed by atoms with Crippen molar-refractivity contribution in [1.82, 2.24) is 5.32 Å². The number of nitrogens with one attached hydrogen (secondary N) is 1. The monoisotopic (exact) mass is 311 g/mol. The Morgan fingerprint density at radius 1 is 1.48 bits per heavy atom. The molecule has 2 atom stereocenters. The van der Waals surface area contributed by atoms with E-state index in [1.54, 1.807) is 0 Å². The van der Waals surface area contributed by atoms with Crippen LogP contribution in [0.25, 0.3) is 0 Å². The summed E-state index contributed by atoms with van der Waals surface area (Å²) in [6, 6.07) is 6.06. The molecule has 1 fully saturated rings. The van der Waals surface area contributed by atoms with Gasteiger partial charge in [-0.15, -0.1) is 0 Å². The van der Waals surface area contributed by atoms with Crippen LogP contribution in [0.3, 0.4) is 0 Å². The van der Waals surface area contributed by atoms with Crippen molar-refractivity contribution in [3.63, 3.8) is 0 Å². The summed E-state index contributed by atoms with van der Waals surface area (Å²) in [5, 5.41) is 14.2. The van der Waals surface area contributed by atoms with E-state index in [4.69, 9.17) is 16.3 Å². The van der Waals surface area contributed by atoms with E-state index in [2.05, 4.69) is 19.2 Å². The van der Waals surface area contributed by atoms with E-state index in [1.165, 1.54) is 19.3 Å². The minimum Gasteiger partial charge on any atom is -0.491 e. The lowest BCUT2D eigenvalue weighted by molar-refractivity contribution is 0.103. The highest BCUT2D eigenvalue weighted by atomic mass is 35.5. The first-order chi connectivity index (χ1) is 9.85. The van der Waals surface area contributed by atoms with Gasteiger partial charge in [0.2, 0.25) is 0 Å². The average molecular weight is 312 g/mol. The molecule has 2 N–H and O–H groups in total. The van der Waals surface area contributed by atoms with Crippen molar-refractivity contribution >= 4 is 11.6 Å². The third kappa shape index (κ3) is 5.17. The largest absolute Gasteiger partial charge is 0.491 e. The third-order valence-electron chi connectivity index (χ3n) is 4.18. The predicted molar refractivity (Wildman–Crippen MR) is 87.1 cm³/mol. The van der Waals surface area contributed by atoms with E-state index >= 15 is 0 Å². The number of rotatable bonds is 6. The molecule has 4 heteroatoms. The average Bonchev–Trinajstić information content (AvgIpc) is 2.77. The zero-order valence-corrected chi connectivity index (χ0v) is 13.9. The van der Waals surface area contributed by atoms with Crippen LogP contribution in [0.15, 0.2) is 18.2 Å². The number of aliphatic hydroxyl groups excluding tert-OH is 1. The number of benzene rings is 1. The maximum absolute atomic E-state index is 10.0. The molecule has 0 amide bonds. The van der Waals surface area contributed by atoms with E-state index in [1.807, 2.05) is 25.1 Å². The number of halogens is 1. The maximum Gasteiger partial charge on any atom is 0.119 e. The number of hydrogen-bond donors (Lipinski definition) is 2. The molecular weight excluding hydrogens is 286 g/mol. The lowest BCUT2D eigenvalue weighted by Gasteiger charge is -2.19. The molecule has 1 aliphatic carbocycles. The van der Waals surface area contributed by atoms with Crippen LogP contribution in [0.2, 0.25) is 5.02 Å². The number of aliphatic hydroxyl groups is 1. The van der Waals surface area contributed by atoms with Gasteiger partial charge >= 0.3 is 0 Å². The van der Waals surface area contributed by atoms with Crippen LogP contribution in [-0.2, 0) is 0 Å². The van der Waals surface area contributed by atoms with Crippen LogP contribution in [0.4, 0.5) is 0 Å². The summed E-state index contributed by atoms with van der Waals surface area (Å²) in [6.07, 6.45) is 3.12. The van der Waals surface area contributed by atoms with Crippen molar-refractivity contribution in [2.24, 2.45) is 5.41 Å². The fourth-order valence-corrected chi connectivity index (χ4v) is 2.99. The molecule has 0 bridgehead atoms. The molecule has 21 heavy (non-hydrogen) atoms. The maximum atomic E-state index is 10.0. The second-order valence-corrected chi connectivity index (χ2v) is 7.30. The molecule has 0 saturated heterocycles. The van der Waals surface area contributed by atoms with Crippen LogP contribution < -0.4 is 10.1 Å². The molecular formula is C17H26ClNO2. The van der Waals surface area contributed by atoms with E-state index < -0.39 is 6.10 Å². The van der Waals surface area contributed by atoms with E-state index in [0.29, 0.717) is 24.6 Å². The normalized spacial score (nSPS) is 22.2. The summed E-state index contributed by atoms with van der Waals surface area (Å²) in [7, 11) is 0. The highest BCUT2D eigenvalue weighted by molar-refractivity contribution is 6.31. The van der Waals surface area contributed by atoms with Gasteiger partial charge in [0.05, 0.1) is 0 Å². The molecule has 0 spiro atoms. The lowest BCUT2D eigenvalue weighted by atomic mass is 9.92. The Labute approximate surface area is 132 Å². The van der Waals surface area contributed by atoms with Crippen molar-refractivity contribution in [2.75, 3.05) is 13.2 Å². The van der Waals surface area contributed by atoms with Gasteiger partial charge in [-0.05, 0) is 55.4 Å². The van der Waals surface area contributed by atoms with Gasteiger partial charge in [-0.25, -0.2) is 0 Å². The van der Waals surface area contributed by atoms with E-state index in [-0.39, 0.29) is 0 Å². The van der Waals surface area contributed by atoms with Crippen molar-refractivity contribution in [3.05, 3.63) is 28.8 Å². The summed E-state index contributed by atoms with van der Waals surface area (Å²) >= 11 is 5.97. The molecule has 1 saturated carbocycles. The Bertz CT molecular complexity index is 476. The Hall–Kier alpha value is -0.770. The predicted octanol–water partition coefficient (Wildman–Crippen LogP) is 3.56. The van der Waals surface area contributed by atoms with Crippen LogP contribution in [-0.4, -0.2) is 30.4 Å². The molecule has 0 heterocycles. The van der Waals surface area contributed by atoms with Gasteiger partial charge in [0.25, 0.3) is 0 Å². The Morgan fingerprint density at radius 3 is 2.86 bits per heavy atom. The molecule has 1 aromatic rings. The molecule has 1 aromatic carbocycles. The fourth-order valence-electron chi connectivity index (χ4n) is 2.87. The molecule has 0 aliphatic heterocycles. The van der Waals surface area contributed by atoms with Crippen molar-refractivity contribution in [2.45, 2.75) is 52.2 Å². The number of aryl methyl sites for hydroxylation is 1. The van der Waals surface area contributed by atoms with Gasteiger partial charge in [-0.2, -0.15) is 0 Å². The van der Waals surface area contributed by atoms with Crippen LogP contribution in [0.1, 0.15) is 38.7 Å².